The zero-order valence-electron chi connectivity index (χ0n) is 10.8. The number of anilines is 1. The summed E-state index contributed by atoms with van der Waals surface area (Å²) in [7, 11) is 0. The lowest BCUT2D eigenvalue weighted by atomic mass is 10.1. The molecule has 2 rings (SSSR count). The monoisotopic (exact) mass is 231 g/mol. The van der Waals surface area contributed by atoms with E-state index in [0.29, 0.717) is 5.78 Å². The van der Waals surface area contributed by atoms with Crippen LogP contribution in [0.25, 0.3) is 0 Å². The van der Waals surface area contributed by atoms with Crippen molar-refractivity contribution in [2.75, 3.05) is 18.0 Å². The molecule has 2 nitrogen and oxygen atoms in total. The van der Waals surface area contributed by atoms with Gasteiger partial charge in [-0.05, 0) is 44.4 Å². The predicted octanol–water partition coefficient (Wildman–Crippen LogP) is 3.19. The van der Waals surface area contributed by atoms with E-state index in [1.54, 1.807) is 0 Å². The lowest BCUT2D eigenvalue weighted by Crippen LogP contribution is -2.31. The zero-order valence-corrected chi connectivity index (χ0v) is 10.8. The molecular weight excluding hydrogens is 210 g/mol. The van der Waals surface area contributed by atoms with Crippen LogP contribution in [0, 0.1) is 12.8 Å². The standard InChI is InChI=1S/C15H21NO/c1-3-16(11-13-7-5-9-15(13)17)14-8-4-6-12(2)10-14/h4,6,8,10,13H,3,5,7,9,11H2,1-2H3. The van der Waals surface area contributed by atoms with Crippen molar-refractivity contribution >= 4 is 11.5 Å². The average molecular weight is 231 g/mol. The fraction of sp³-hybridized carbons (Fsp3) is 0.533. The molecule has 0 spiro atoms. The van der Waals surface area contributed by atoms with Crippen molar-refractivity contribution in [3.8, 4) is 0 Å². The van der Waals surface area contributed by atoms with Crippen LogP contribution < -0.4 is 4.90 Å². The summed E-state index contributed by atoms with van der Waals surface area (Å²) >= 11 is 0. The van der Waals surface area contributed by atoms with E-state index in [-0.39, 0.29) is 5.92 Å². The molecule has 2 heteroatoms. The number of hydrogen-bond donors (Lipinski definition) is 0. The van der Waals surface area contributed by atoms with Gasteiger partial charge in [-0.25, -0.2) is 0 Å². The Morgan fingerprint density at radius 3 is 2.82 bits per heavy atom. The minimum atomic E-state index is 0.260. The van der Waals surface area contributed by atoms with Gasteiger partial charge in [-0.1, -0.05) is 12.1 Å². The molecule has 1 aliphatic carbocycles. The molecule has 0 radical (unpaired) electrons. The Bertz CT molecular complexity index is 400. The Morgan fingerprint density at radius 1 is 1.41 bits per heavy atom. The lowest BCUT2D eigenvalue weighted by Gasteiger charge is -2.26. The summed E-state index contributed by atoms with van der Waals surface area (Å²) < 4.78 is 0. The maximum atomic E-state index is 11.7. The number of aryl methyl sites for hydroxylation is 1. The molecule has 17 heavy (non-hydrogen) atoms. The van der Waals surface area contributed by atoms with Crippen LogP contribution in [0.2, 0.25) is 0 Å². The van der Waals surface area contributed by atoms with Crippen molar-refractivity contribution in [3.63, 3.8) is 0 Å². The second-order valence-corrected chi connectivity index (χ2v) is 4.93. The number of carbonyl (C=O) groups is 1. The Kier molecular flexibility index (Phi) is 3.82. The van der Waals surface area contributed by atoms with Crippen LogP contribution in [-0.2, 0) is 4.79 Å². The van der Waals surface area contributed by atoms with E-state index in [9.17, 15) is 4.79 Å². The highest BCUT2D eigenvalue weighted by Gasteiger charge is 2.26. The summed E-state index contributed by atoms with van der Waals surface area (Å²) in [4.78, 5) is 14.0. The first-order chi connectivity index (χ1) is 8.20. The van der Waals surface area contributed by atoms with Gasteiger partial charge in [-0.3, -0.25) is 4.79 Å². The molecule has 0 heterocycles. The molecular formula is C15H21NO. The molecule has 0 amide bonds. The van der Waals surface area contributed by atoms with E-state index >= 15 is 0 Å². The van der Waals surface area contributed by atoms with Gasteiger partial charge in [0, 0.05) is 31.1 Å². The Hall–Kier alpha value is -1.31. The highest BCUT2D eigenvalue weighted by molar-refractivity contribution is 5.83. The van der Waals surface area contributed by atoms with Crippen molar-refractivity contribution in [2.45, 2.75) is 33.1 Å². The Morgan fingerprint density at radius 2 is 2.24 bits per heavy atom. The fourth-order valence-corrected chi connectivity index (χ4v) is 2.59. The van der Waals surface area contributed by atoms with E-state index in [2.05, 4.69) is 43.0 Å². The molecule has 0 aliphatic heterocycles. The largest absolute Gasteiger partial charge is 0.371 e. The SMILES string of the molecule is CCN(CC1CCCC1=O)c1cccc(C)c1. The number of nitrogens with zero attached hydrogens (tertiary/aromatic N) is 1. The molecule has 0 aromatic heterocycles. The summed E-state index contributed by atoms with van der Waals surface area (Å²) in [6.45, 7) is 6.12. The van der Waals surface area contributed by atoms with Crippen LogP contribution in [0.3, 0.4) is 0 Å². The van der Waals surface area contributed by atoms with Crippen molar-refractivity contribution in [1.82, 2.24) is 0 Å². The number of ketones is 1. The topological polar surface area (TPSA) is 20.3 Å². The van der Waals surface area contributed by atoms with E-state index in [0.717, 1.165) is 32.4 Å². The maximum absolute atomic E-state index is 11.7. The molecule has 0 saturated heterocycles. The van der Waals surface area contributed by atoms with Gasteiger partial charge >= 0.3 is 0 Å². The van der Waals surface area contributed by atoms with E-state index in [4.69, 9.17) is 0 Å². The number of benzene rings is 1. The molecule has 1 unspecified atom stereocenters. The Balaban J connectivity index is 2.08. The van der Waals surface area contributed by atoms with E-state index in [1.165, 1.54) is 11.3 Å². The number of rotatable bonds is 4. The van der Waals surface area contributed by atoms with Crippen molar-refractivity contribution in [2.24, 2.45) is 5.92 Å². The minimum Gasteiger partial charge on any atom is -0.371 e. The molecule has 1 saturated carbocycles. The average Bonchev–Trinajstić information content (AvgIpc) is 2.71. The molecule has 1 aromatic rings. The predicted molar refractivity (Wildman–Crippen MR) is 71.4 cm³/mol. The van der Waals surface area contributed by atoms with Crippen molar-refractivity contribution in [3.05, 3.63) is 29.8 Å². The van der Waals surface area contributed by atoms with Crippen molar-refractivity contribution in [1.29, 1.82) is 0 Å². The number of hydrogen-bond acceptors (Lipinski definition) is 2. The quantitative estimate of drug-likeness (QED) is 0.793. The second kappa shape index (κ2) is 5.35. The van der Waals surface area contributed by atoms with Gasteiger partial charge in [0.05, 0.1) is 0 Å². The summed E-state index contributed by atoms with van der Waals surface area (Å²) in [5.74, 6) is 0.714. The summed E-state index contributed by atoms with van der Waals surface area (Å²) in [6, 6.07) is 8.53. The highest BCUT2D eigenvalue weighted by atomic mass is 16.1. The van der Waals surface area contributed by atoms with Gasteiger partial charge in [0.2, 0.25) is 0 Å². The third-order valence-corrected chi connectivity index (χ3v) is 3.62. The van der Waals surface area contributed by atoms with Gasteiger partial charge in [0.25, 0.3) is 0 Å². The van der Waals surface area contributed by atoms with E-state index in [1.807, 2.05) is 0 Å². The van der Waals surface area contributed by atoms with Crippen LogP contribution >= 0.6 is 0 Å². The third-order valence-electron chi connectivity index (χ3n) is 3.62. The van der Waals surface area contributed by atoms with Crippen LogP contribution in [0.5, 0.6) is 0 Å². The molecule has 1 fully saturated rings. The molecule has 0 bridgehead atoms. The second-order valence-electron chi connectivity index (χ2n) is 4.93. The van der Waals surface area contributed by atoms with Gasteiger partial charge in [-0.2, -0.15) is 0 Å². The van der Waals surface area contributed by atoms with Gasteiger partial charge in [0.1, 0.15) is 5.78 Å². The summed E-state index contributed by atoms with van der Waals surface area (Å²) in [6.07, 6.45) is 2.94. The zero-order chi connectivity index (χ0) is 12.3. The first-order valence-corrected chi connectivity index (χ1v) is 6.55. The third kappa shape index (κ3) is 2.87. The van der Waals surface area contributed by atoms with Gasteiger partial charge in [0.15, 0.2) is 0 Å². The minimum absolute atomic E-state index is 0.260. The van der Waals surface area contributed by atoms with Crippen LogP contribution in [0.15, 0.2) is 24.3 Å². The smallest absolute Gasteiger partial charge is 0.137 e. The molecule has 1 aromatic carbocycles. The summed E-state index contributed by atoms with van der Waals surface area (Å²) in [5.41, 5.74) is 2.52. The molecule has 1 atom stereocenters. The van der Waals surface area contributed by atoms with Crippen molar-refractivity contribution < 1.29 is 4.79 Å². The molecule has 92 valence electrons. The fourth-order valence-electron chi connectivity index (χ4n) is 2.59. The van der Waals surface area contributed by atoms with Crippen LogP contribution in [-0.4, -0.2) is 18.9 Å². The number of carbonyl (C=O) groups excluding carboxylic acids is 1. The van der Waals surface area contributed by atoms with E-state index < -0.39 is 0 Å². The normalized spacial score (nSPS) is 19.6. The first kappa shape index (κ1) is 12.2. The highest BCUT2D eigenvalue weighted by Crippen LogP contribution is 2.25. The van der Waals surface area contributed by atoms with Crippen LogP contribution in [0.4, 0.5) is 5.69 Å². The van der Waals surface area contributed by atoms with Gasteiger partial charge in [-0.15, -0.1) is 0 Å². The lowest BCUT2D eigenvalue weighted by molar-refractivity contribution is -0.120. The first-order valence-electron chi connectivity index (χ1n) is 6.55. The van der Waals surface area contributed by atoms with Gasteiger partial charge < -0.3 is 4.90 Å². The van der Waals surface area contributed by atoms with Crippen LogP contribution in [0.1, 0.15) is 31.7 Å². The Labute approximate surface area is 104 Å². The maximum Gasteiger partial charge on any atom is 0.137 e. The molecule has 0 N–H and O–H groups in total. The number of Topliss-reactive ketones (excluding diaryl/α,β-unsaturated/α-hetero) is 1. The molecule has 1 aliphatic rings. The summed E-state index contributed by atoms with van der Waals surface area (Å²) in [5, 5.41) is 0.